The van der Waals surface area contributed by atoms with Crippen LogP contribution in [0.3, 0.4) is 0 Å². The first-order valence-electron chi connectivity index (χ1n) is 8.14. The van der Waals surface area contributed by atoms with Crippen LogP contribution >= 0.6 is 0 Å². The Morgan fingerprint density at radius 3 is 2.56 bits per heavy atom. The molecule has 132 valence electrons. The van der Waals surface area contributed by atoms with Gasteiger partial charge in [0.2, 0.25) is 0 Å². The number of rotatable bonds is 4. The van der Waals surface area contributed by atoms with Gasteiger partial charge in [0.25, 0.3) is 0 Å². The van der Waals surface area contributed by atoms with E-state index in [1.807, 2.05) is 25.3 Å². The Hall–Kier alpha value is -2.21. The van der Waals surface area contributed by atoms with Crippen LogP contribution in [0.2, 0.25) is 0 Å². The summed E-state index contributed by atoms with van der Waals surface area (Å²) in [7, 11) is -1.30. The first-order valence-corrected chi connectivity index (χ1v) is 9.28. The molecule has 25 heavy (non-hydrogen) atoms. The summed E-state index contributed by atoms with van der Waals surface area (Å²) in [6.07, 6.45) is 2.02. The highest BCUT2D eigenvalue weighted by Gasteiger charge is 2.52. The maximum absolute atomic E-state index is 13.2. The van der Waals surface area contributed by atoms with E-state index in [0.29, 0.717) is 17.1 Å². The highest BCUT2D eigenvalue weighted by atomic mass is 32.2. The molecular formula is C19H21NO4S. The molecule has 1 aromatic heterocycles. The van der Waals surface area contributed by atoms with E-state index in [-0.39, 0.29) is 12.0 Å². The number of aliphatic carboxylic acids is 1. The predicted molar refractivity (Wildman–Crippen MR) is 95.3 cm³/mol. The van der Waals surface area contributed by atoms with Gasteiger partial charge in [0, 0.05) is 33.6 Å². The van der Waals surface area contributed by atoms with E-state index in [9.17, 15) is 18.9 Å². The van der Waals surface area contributed by atoms with Gasteiger partial charge < -0.3 is 9.67 Å². The van der Waals surface area contributed by atoms with Gasteiger partial charge >= 0.3 is 5.97 Å². The minimum atomic E-state index is -1.58. The Morgan fingerprint density at radius 2 is 1.92 bits per heavy atom. The monoisotopic (exact) mass is 359 g/mol. The number of carboxylic acid groups (broad SMARTS) is 1. The highest BCUT2D eigenvalue weighted by molar-refractivity contribution is 7.86. The normalized spacial score (nSPS) is 20.9. The van der Waals surface area contributed by atoms with E-state index in [2.05, 4.69) is 0 Å². The number of carboxylic acids is 1. The van der Waals surface area contributed by atoms with Crippen LogP contribution < -0.4 is 0 Å². The summed E-state index contributed by atoms with van der Waals surface area (Å²) in [4.78, 5) is 25.8. The number of carbonyl (C=O) groups is 2. The molecule has 3 rings (SSSR count). The summed E-state index contributed by atoms with van der Waals surface area (Å²) in [6, 6.07) is 9.99. The smallest absolute Gasteiger partial charge is 0.323 e. The number of aryl methyl sites for hydroxylation is 1. The van der Waals surface area contributed by atoms with Gasteiger partial charge in [0.1, 0.15) is 0 Å². The Balaban J connectivity index is 2.07. The molecule has 1 aromatic carbocycles. The minimum Gasteiger partial charge on any atom is -0.480 e. The van der Waals surface area contributed by atoms with Crippen molar-refractivity contribution in [3.63, 3.8) is 0 Å². The van der Waals surface area contributed by atoms with Crippen LogP contribution in [-0.4, -0.2) is 30.4 Å². The van der Waals surface area contributed by atoms with Crippen molar-refractivity contribution in [2.45, 2.75) is 48.8 Å². The fourth-order valence-electron chi connectivity index (χ4n) is 3.31. The lowest BCUT2D eigenvalue weighted by Gasteiger charge is -2.23. The molecule has 1 aliphatic rings. The fraction of sp³-hybridized carbons (Fsp3) is 0.368. The number of nitrogens with zero attached hydrogens (tertiary/aromatic N) is 1. The lowest BCUT2D eigenvalue weighted by molar-refractivity contribution is -0.141. The number of aromatic nitrogens is 1. The zero-order valence-corrected chi connectivity index (χ0v) is 15.3. The molecule has 6 heteroatoms. The Labute approximate surface area is 149 Å². The van der Waals surface area contributed by atoms with Crippen LogP contribution in [0.5, 0.6) is 0 Å². The largest absolute Gasteiger partial charge is 0.480 e. The molecule has 0 amide bonds. The second-order valence-electron chi connectivity index (χ2n) is 7.29. The third-order valence-corrected chi connectivity index (χ3v) is 6.41. The zero-order valence-electron chi connectivity index (χ0n) is 14.5. The van der Waals surface area contributed by atoms with Crippen molar-refractivity contribution in [3.05, 3.63) is 53.9 Å². The molecule has 0 saturated carbocycles. The van der Waals surface area contributed by atoms with Crippen molar-refractivity contribution in [1.29, 1.82) is 0 Å². The molecular weight excluding hydrogens is 338 g/mol. The molecule has 1 aliphatic heterocycles. The molecule has 1 N–H and O–H groups in total. The maximum atomic E-state index is 13.2. The number of Topliss-reactive ketones (excluding diaryl/α,β-unsaturated/α-hetero) is 1. The van der Waals surface area contributed by atoms with E-state index in [0.717, 1.165) is 0 Å². The first kappa shape index (κ1) is 17.6. The average molecular weight is 359 g/mol. The molecule has 2 unspecified atom stereocenters. The van der Waals surface area contributed by atoms with Gasteiger partial charge in [0.05, 0.1) is 10.8 Å². The van der Waals surface area contributed by atoms with Gasteiger partial charge in [-0.25, -0.2) is 0 Å². The maximum Gasteiger partial charge on any atom is 0.323 e. The molecule has 0 aliphatic carbocycles. The number of fused-ring (bicyclic) bond motifs is 1. The van der Waals surface area contributed by atoms with Crippen molar-refractivity contribution in [1.82, 2.24) is 4.57 Å². The van der Waals surface area contributed by atoms with Gasteiger partial charge in [-0.15, -0.1) is 0 Å². The second-order valence-corrected chi connectivity index (χ2v) is 9.52. The van der Waals surface area contributed by atoms with Crippen LogP contribution in [0.1, 0.15) is 43.2 Å². The topological polar surface area (TPSA) is 76.4 Å². The summed E-state index contributed by atoms with van der Waals surface area (Å²) < 4.78 is 14.0. The Morgan fingerprint density at radius 1 is 1.20 bits per heavy atom. The number of ketones is 1. The minimum absolute atomic E-state index is 0.226. The van der Waals surface area contributed by atoms with E-state index in [4.69, 9.17) is 0 Å². The first-order chi connectivity index (χ1) is 11.7. The van der Waals surface area contributed by atoms with E-state index >= 15 is 0 Å². The Kier molecular flexibility index (Phi) is 4.19. The summed E-state index contributed by atoms with van der Waals surface area (Å²) in [5.41, 5.74) is -0.787. The number of hydrogen-bond donors (Lipinski definition) is 1. The summed E-state index contributed by atoms with van der Waals surface area (Å²) >= 11 is 0. The van der Waals surface area contributed by atoms with E-state index in [1.165, 1.54) is 0 Å². The fourth-order valence-corrected chi connectivity index (χ4v) is 4.45. The van der Waals surface area contributed by atoms with Crippen LogP contribution in [0.4, 0.5) is 0 Å². The van der Waals surface area contributed by atoms with Gasteiger partial charge in [-0.1, -0.05) is 12.1 Å². The summed E-state index contributed by atoms with van der Waals surface area (Å²) in [5, 5.41) is 9.87. The van der Waals surface area contributed by atoms with Crippen molar-refractivity contribution in [2.75, 3.05) is 0 Å². The summed E-state index contributed by atoms with van der Waals surface area (Å²) in [5.74, 6) is -1.59. The van der Waals surface area contributed by atoms with Crippen molar-refractivity contribution < 1.29 is 18.9 Å². The zero-order chi connectivity index (χ0) is 18.4. The molecule has 0 spiro atoms. The molecule has 2 heterocycles. The lowest BCUT2D eigenvalue weighted by Crippen LogP contribution is -2.42. The molecule has 5 nitrogen and oxygen atoms in total. The Bertz CT molecular complexity index is 878. The average Bonchev–Trinajstić information content (AvgIpc) is 3.15. The van der Waals surface area contributed by atoms with Gasteiger partial charge in [-0.2, -0.15) is 0 Å². The van der Waals surface area contributed by atoms with Gasteiger partial charge in [0.15, 0.2) is 11.2 Å². The molecule has 0 radical (unpaired) electrons. The van der Waals surface area contributed by atoms with E-state index in [1.54, 1.807) is 42.6 Å². The molecule has 0 fully saturated rings. The van der Waals surface area contributed by atoms with Crippen LogP contribution in [-0.2, 0) is 27.6 Å². The molecule has 0 bridgehead atoms. The van der Waals surface area contributed by atoms with Crippen molar-refractivity contribution in [2.24, 2.45) is 0 Å². The van der Waals surface area contributed by atoms with E-state index < -0.39 is 32.7 Å². The number of hydrogen-bond acceptors (Lipinski definition) is 3. The second kappa shape index (κ2) is 5.95. The lowest BCUT2D eigenvalue weighted by atomic mass is 9.76. The molecule has 0 saturated heterocycles. The van der Waals surface area contributed by atoms with Crippen LogP contribution in [0.25, 0.3) is 0 Å². The standard InChI is InChI=1S/C19H21NO4S/c1-18(2,3)25(24)14-7-4-6-13(12-14)16(21)19(17(22)23)9-11-20-10-5-8-15(19)20/h4-8,10,12H,9,11H2,1-3H3,(H,22,23). The SMILES string of the molecule is CC(C)(C)S(=O)c1cccc(C(=O)C2(C(=O)O)CCn3cccc32)c1. The molecule has 2 atom stereocenters. The molecule has 2 aromatic rings. The number of benzene rings is 1. The third kappa shape index (κ3) is 2.74. The van der Waals surface area contributed by atoms with Gasteiger partial charge in [-0.05, 0) is 51.5 Å². The quantitative estimate of drug-likeness (QED) is 0.672. The third-order valence-electron chi connectivity index (χ3n) is 4.61. The van der Waals surface area contributed by atoms with Gasteiger partial charge in [-0.3, -0.25) is 13.8 Å². The number of carbonyl (C=O) groups excluding carboxylic acids is 1. The van der Waals surface area contributed by atoms with Crippen LogP contribution in [0, 0.1) is 0 Å². The van der Waals surface area contributed by atoms with Crippen molar-refractivity contribution >= 4 is 22.6 Å². The van der Waals surface area contributed by atoms with Crippen molar-refractivity contribution in [3.8, 4) is 0 Å². The predicted octanol–water partition coefficient (Wildman–Crippen LogP) is 3.00. The van der Waals surface area contributed by atoms with Crippen LogP contribution in [0.15, 0.2) is 47.5 Å². The summed E-state index contributed by atoms with van der Waals surface area (Å²) in [6.45, 7) is 6.08. The highest BCUT2D eigenvalue weighted by Crippen LogP contribution is 2.39.